The Balaban J connectivity index is 2.07. The molecule has 2 aromatic rings. The quantitative estimate of drug-likeness (QED) is 0.793. The van der Waals surface area contributed by atoms with E-state index in [-0.39, 0.29) is 6.61 Å². The van der Waals surface area contributed by atoms with Gasteiger partial charge in [0, 0.05) is 0 Å². The van der Waals surface area contributed by atoms with E-state index in [2.05, 4.69) is 9.71 Å². The maximum Gasteiger partial charge on any atom is 0.241 e. The Labute approximate surface area is 148 Å². The summed E-state index contributed by atoms with van der Waals surface area (Å²) in [5.41, 5.74) is 2.50. The number of halogens is 1. The minimum absolute atomic E-state index is 0.187. The molecule has 0 aliphatic carbocycles. The van der Waals surface area contributed by atoms with Gasteiger partial charge in [-0.15, -0.1) is 0 Å². The fraction of sp³-hybridized carbons (Fsp3) is 0.353. The number of ether oxygens (including phenoxy) is 1. The van der Waals surface area contributed by atoms with Gasteiger partial charge >= 0.3 is 0 Å². The molecule has 24 heavy (non-hydrogen) atoms. The maximum absolute atomic E-state index is 12.7. The van der Waals surface area contributed by atoms with Gasteiger partial charge in [0.2, 0.25) is 10.0 Å². The van der Waals surface area contributed by atoms with E-state index in [1.54, 1.807) is 32.9 Å². The van der Waals surface area contributed by atoms with Crippen LogP contribution in [-0.2, 0) is 10.0 Å². The van der Waals surface area contributed by atoms with Crippen LogP contribution in [-0.4, -0.2) is 26.1 Å². The van der Waals surface area contributed by atoms with Crippen LogP contribution in [0.4, 0.5) is 0 Å². The number of rotatable bonds is 6. The molecule has 7 heteroatoms. The fourth-order valence-electron chi connectivity index (χ4n) is 2.62. The molecule has 0 saturated carbocycles. The van der Waals surface area contributed by atoms with Crippen molar-refractivity contribution < 1.29 is 13.2 Å². The lowest BCUT2D eigenvalue weighted by molar-refractivity contribution is 0.286. The Bertz CT molecular complexity index is 797. The van der Waals surface area contributed by atoms with Crippen LogP contribution >= 0.6 is 11.6 Å². The molecule has 0 fully saturated rings. The van der Waals surface area contributed by atoms with Crippen molar-refractivity contribution >= 4 is 21.6 Å². The average molecular weight is 369 g/mol. The van der Waals surface area contributed by atoms with Crippen molar-refractivity contribution in [2.45, 2.75) is 38.6 Å². The highest BCUT2D eigenvalue weighted by Crippen LogP contribution is 2.22. The van der Waals surface area contributed by atoms with Crippen molar-refractivity contribution in [2.24, 2.45) is 0 Å². The predicted octanol–water partition coefficient (Wildman–Crippen LogP) is 3.41. The highest BCUT2D eigenvalue weighted by atomic mass is 35.5. The van der Waals surface area contributed by atoms with E-state index in [0.29, 0.717) is 15.8 Å². The van der Waals surface area contributed by atoms with Crippen molar-refractivity contribution in [3.8, 4) is 5.75 Å². The zero-order valence-corrected chi connectivity index (χ0v) is 15.7. The number of nitrogens with zero attached hydrogens (tertiary/aromatic N) is 1. The molecular formula is C17H21ClN2O3S. The largest absolute Gasteiger partial charge is 0.490 e. The zero-order valence-electron chi connectivity index (χ0n) is 14.1. The van der Waals surface area contributed by atoms with E-state index in [1.165, 1.54) is 6.20 Å². The summed E-state index contributed by atoms with van der Waals surface area (Å²) in [4.78, 5) is 4.24. The van der Waals surface area contributed by atoms with Gasteiger partial charge in [-0.2, -0.15) is 0 Å². The Kier molecular flexibility index (Phi) is 5.85. The van der Waals surface area contributed by atoms with Crippen LogP contribution in [0.5, 0.6) is 5.75 Å². The van der Waals surface area contributed by atoms with Crippen molar-refractivity contribution in [3.63, 3.8) is 0 Å². The summed E-state index contributed by atoms with van der Waals surface area (Å²) in [5, 5.41) is 0.376. The molecule has 130 valence electrons. The number of hydrogen-bond acceptors (Lipinski definition) is 4. The van der Waals surface area contributed by atoms with Crippen LogP contribution in [0.15, 0.2) is 35.4 Å². The summed E-state index contributed by atoms with van der Waals surface area (Å²) < 4.78 is 33.5. The molecule has 1 N–H and O–H groups in total. The number of sulfonamides is 1. The van der Waals surface area contributed by atoms with Crippen molar-refractivity contribution in [1.29, 1.82) is 0 Å². The lowest BCUT2D eigenvalue weighted by atomic mass is 10.1. The summed E-state index contributed by atoms with van der Waals surface area (Å²) in [7, 11) is -3.62. The fourth-order valence-corrected chi connectivity index (χ4v) is 4.41. The third-order valence-corrected chi connectivity index (χ3v) is 5.55. The number of hydrogen-bond donors (Lipinski definition) is 1. The van der Waals surface area contributed by atoms with Crippen molar-refractivity contribution in [2.75, 3.05) is 6.61 Å². The normalized spacial score (nSPS) is 12.9. The molecule has 1 atom stereocenters. The Morgan fingerprint density at radius 3 is 2.38 bits per heavy atom. The average Bonchev–Trinajstić information content (AvgIpc) is 2.44. The monoisotopic (exact) mass is 368 g/mol. The topological polar surface area (TPSA) is 68.3 Å². The molecular weight excluding hydrogens is 348 g/mol. The number of aryl methyl sites for hydroxylation is 3. The lowest BCUT2D eigenvalue weighted by Gasteiger charge is -2.18. The second kappa shape index (κ2) is 7.51. The molecule has 1 heterocycles. The first-order chi connectivity index (χ1) is 11.2. The SMILES string of the molecule is Cc1cc(C)c(S(=O)(=O)NC(C)COc2ccc(Cl)nc2)c(C)c1. The van der Waals surface area contributed by atoms with Crippen molar-refractivity contribution in [1.82, 2.24) is 9.71 Å². The minimum atomic E-state index is -3.62. The van der Waals surface area contributed by atoms with Crippen molar-refractivity contribution in [3.05, 3.63) is 52.3 Å². The summed E-state index contributed by atoms with van der Waals surface area (Å²) in [6.45, 7) is 7.48. The van der Waals surface area contributed by atoms with Gasteiger partial charge in [0.15, 0.2) is 0 Å². The second-order valence-corrected chi connectivity index (χ2v) is 7.92. The van der Waals surface area contributed by atoms with Gasteiger partial charge in [0.05, 0.1) is 17.1 Å². The van der Waals surface area contributed by atoms with Gasteiger partial charge in [-0.25, -0.2) is 18.1 Å². The van der Waals surface area contributed by atoms with E-state index in [4.69, 9.17) is 16.3 Å². The second-order valence-electron chi connectivity index (χ2n) is 5.88. The molecule has 0 amide bonds. The van der Waals surface area contributed by atoms with Crippen LogP contribution in [0.25, 0.3) is 0 Å². The van der Waals surface area contributed by atoms with Crippen LogP contribution in [0.2, 0.25) is 5.15 Å². The molecule has 0 aliphatic heterocycles. The molecule has 2 rings (SSSR count). The lowest BCUT2D eigenvalue weighted by Crippen LogP contribution is -2.37. The molecule has 1 aromatic carbocycles. The summed E-state index contributed by atoms with van der Waals surface area (Å²) in [5.74, 6) is 0.535. The smallest absolute Gasteiger partial charge is 0.241 e. The van der Waals surface area contributed by atoms with E-state index in [0.717, 1.165) is 16.7 Å². The van der Waals surface area contributed by atoms with E-state index >= 15 is 0 Å². The minimum Gasteiger partial charge on any atom is -0.490 e. The molecule has 5 nitrogen and oxygen atoms in total. The third kappa shape index (κ3) is 4.69. The maximum atomic E-state index is 12.7. The van der Waals surface area contributed by atoms with Gasteiger partial charge in [0.25, 0.3) is 0 Å². The van der Waals surface area contributed by atoms with Crippen LogP contribution in [0, 0.1) is 20.8 Å². The third-order valence-electron chi connectivity index (χ3n) is 3.43. The molecule has 0 aliphatic rings. The summed E-state index contributed by atoms with van der Waals surface area (Å²) >= 11 is 5.71. The van der Waals surface area contributed by atoms with E-state index in [9.17, 15) is 8.42 Å². The van der Waals surface area contributed by atoms with Gasteiger partial charge < -0.3 is 4.74 Å². The van der Waals surface area contributed by atoms with Crippen LogP contribution in [0.3, 0.4) is 0 Å². The zero-order chi connectivity index (χ0) is 17.9. The highest BCUT2D eigenvalue weighted by molar-refractivity contribution is 7.89. The molecule has 0 saturated heterocycles. The first kappa shape index (κ1) is 18.7. The van der Waals surface area contributed by atoms with Crippen LogP contribution < -0.4 is 9.46 Å². The van der Waals surface area contributed by atoms with Gasteiger partial charge in [0.1, 0.15) is 17.5 Å². The van der Waals surface area contributed by atoms with Crippen LogP contribution in [0.1, 0.15) is 23.6 Å². The number of benzene rings is 1. The number of aromatic nitrogens is 1. The van der Waals surface area contributed by atoms with E-state index < -0.39 is 16.1 Å². The standard InChI is InChI=1S/C17H21ClN2O3S/c1-11-7-12(2)17(13(3)8-11)24(21,22)20-14(4)10-23-15-5-6-16(18)19-9-15/h5-9,14,20H,10H2,1-4H3. The Morgan fingerprint density at radius 1 is 1.21 bits per heavy atom. The number of pyridine rings is 1. The number of nitrogens with one attached hydrogen (secondary N) is 1. The van der Waals surface area contributed by atoms with Gasteiger partial charge in [-0.3, -0.25) is 0 Å². The molecule has 1 aromatic heterocycles. The van der Waals surface area contributed by atoms with Gasteiger partial charge in [-0.1, -0.05) is 29.3 Å². The predicted molar refractivity (Wildman–Crippen MR) is 95.2 cm³/mol. The molecule has 0 spiro atoms. The first-order valence-corrected chi connectivity index (χ1v) is 9.39. The van der Waals surface area contributed by atoms with E-state index in [1.807, 2.05) is 19.1 Å². The highest BCUT2D eigenvalue weighted by Gasteiger charge is 2.22. The molecule has 1 unspecified atom stereocenters. The molecule has 0 radical (unpaired) electrons. The molecule has 0 bridgehead atoms. The Morgan fingerprint density at radius 2 is 1.83 bits per heavy atom. The van der Waals surface area contributed by atoms with Gasteiger partial charge in [-0.05, 0) is 51.0 Å². The Hall–Kier alpha value is -1.63. The first-order valence-electron chi connectivity index (χ1n) is 7.53. The summed E-state index contributed by atoms with van der Waals surface area (Å²) in [6.07, 6.45) is 1.50. The summed E-state index contributed by atoms with van der Waals surface area (Å²) in [6, 6.07) is 6.63.